The Balaban J connectivity index is 3.11. The first-order valence-electron chi connectivity index (χ1n) is 6.30. The number of hydrogen-bond donors (Lipinski definition) is 2. The highest BCUT2D eigenvalue weighted by Gasteiger charge is 2.44. The molecule has 1 unspecified atom stereocenters. The van der Waals surface area contributed by atoms with E-state index in [0.717, 1.165) is 0 Å². The van der Waals surface area contributed by atoms with E-state index in [1.165, 1.54) is 38.1 Å². The minimum absolute atomic E-state index is 0.412. The van der Waals surface area contributed by atoms with E-state index in [-0.39, 0.29) is 0 Å². The molecule has 0 saturated heterocycles. The molecule has 1 rings (SSSR count). The van der Waals surface area contributed by atoms with Crippen LogP contribution in [-0.2, 0) is 9.59 Å². The van der Waals surface area contributed by atoms with Crippen LogP contribution in [0.1, 0.15) is 31.7 Å². The zero-order valence-corrected chi connectivity index (χ0v) is 12.6. The van der Waals surface area contributed by atoms with Gasteiger partial charge < -0.3 is 10.4 Å². The van der Waals surface area contributed by atoms with Gasteiger partial charge >= 0.3 is 18.1 Å². The van der Waals surface area contributed by atoms with E-state index in [0.29, 0.717) is 10.6 Å². The van der Waals surface area contributed by atoms with E-state index < -0.39 is 35.9 Å². The lowest BCUT2D eigenvalue weighted by Gasteiger charge is -2.35. The summed E-state index contributed by atoms with van der Waals surface area (Å²) in [5.41, 5.74) is -0.946. The van der Waals surface area contributed by atoms with Crippen LogP contribution in [0, 0.1) is 0 Å². The lowest BCUT2D eigenvalue weighted by Crippen LogP contribution is -2.52. The van der Waals surface area contributed by atoms with Crippen molar-refractivity contribution in [2.24, 2.45) is 0 Å². The number of carboxylic acids is 1. The summed E-state index contributed by atoms with van der Waals surface area (Å²) >= 11 is 5.75. The van der Waals surface area contributed by atoms with Crippen LogP contribution in [0.25, 0.3) is 0 Å². The van der Waals surface area contributed by atoms with E-state index in [9.17, 15) is 22.8 Å². The molecule has 2 N–H and O–H groups in total. The number of carbonyl (C=O) groups is 2. The number of amides is 1. The molecule has 0 aliphatic rings. The number of alkyl halides is 3. The number of aliphatic carboxylic acids is 1. The molecule has 1 aromatic rings. The Labute approximate surface area is 130 Å². The van der Waals surface area contributed by atoms with Gasteiger partial charge in [0.05, 0.1) is 6.42 Å². The predicted molar refractivity (Wildman–Crippen MR) is 74.7 cm³/mol. The molecule has 4 nitrogen and oxygen atoms in total. The van der Waals surface area contributed by atoms with Gasteiger partial charge in [-0.05, 0) is 31.5 Å². The second-order valence-electron chi connectivity index (χ2n) is 5.38. The summed E-state index contributed by atoms with van der Waals surface area (Å²) in [4.78, 5) is 22.2. The summed E-state index contributed by atoms with van der Waals surface area (Å²) in [6, 6.07) is 6.07. The molecule has 1 amide bonds. The largest absolute Gasteiger partial charge is 0.481 e. The highest BCUT2D eigenvalue weighted by molar-refractivity contribution is 6.30. The maximum absolute atomic E-state index is 12.4. The van der Waals surface area contributed by atoms with Crippen molar-refractivity contribution in [1.29, 1.82) is 0 Å². The van der Waals surface area contributed by atoms with Crippen molar-refractivity contribution in [3.63, 3.8) is 0 Å². The summed E-state index contributed by atoms with van der Waals surface area (Å²) < 4.78 is 37.2. The maximum atomic E-state index is 12.4. The number of carboxylic acid groups (broad SMARTS) is 1. The molecule has 122 valence electrons. The Morgan fingerprint density at radius 2 is 1.73 bits per heavy atom. The Bertz CT molecular complexity index is 555. The van der Waals surface area contributed by atoms with Gasteiger partial charge in [-0.2, -0.15) is 13.2 Å². The molecule has 0 fully saturated rings. The summed E-state index contributed by atoms with van der Waals surface area (Å²) in [7, 11) is 0. The molecule has 0 heterocycles. The second-order valence-corrected chi connectivity index (χ2v) is 5.81. The molecule has 0 aromatic heterocycles. The quantitative estimate of drug-likeness (QED) is 0.866. The van der Waals surface area contributed by atoms with E-state index in [1.54, 1.807) is 0 Å². The van der Waals surface area contributed by atoms with Crippen LogP contribution in [0.2, 0.25) is 5.02 Å². The van der Waals surface area contributed by atoms with Crippen molar-refractivity contribution in [1.82, 2.24) is 5.32 Å². The van der Waals surface area contributed by atoms with Gasteiger partial charge in [0.1, 0.15) is 0 Å². The SMILES string of the molecule is CC(C)(NC(=O)C(F)(F)F)C(CC(=O)O)c1ccc(Cl)cc1. The van der Waals surface area contributed by atoms with Gasteiger partial charge in [-0.15, -0.1) is 0 Å². The minimum Gasteiger partial charge on any atom is -0.481 e. The molecule has 1 aromatic carbocycles. The zero-order chi connectivity index (χ0) is 17.1. The van der Waals surface area contributed by atoms with Crippen LogP contribution in [0.15, 0.2) is 24.3 Å². The number of halogens is 4. The first-order valence-corrected chi connectivity index (χ1v) is 6.68. The Kier molecular flexibility index (Phi) is 5.45. The standard InChI is InChI=1S/C14H15ClF3NO3/c1-13(2,19-12(22)14(16,17)18)10(7-11(20)21)8-3-5-9(15)6-4-8/h3-6,10H,7H2,1-2H3,(H,19,22)(H,20,21). The fraction of sp³-hybridized carbons (Fsp3) is 0.429. The van der Waals surface area contributed by atoms with Gasteiger partial charge in [0.15, 0.2) is 0 Å². The average molecular weight is 338 g/mol. The number of hydrogen-bond acceptors (Lipinski definition) is 2. The fourth-order valence-corrected chi connectivity index (χ4v) is 2.24. The van der Waals surface area contributed by atoms with Gasteiger partial charge in [-0.3, -0.25) is 9.59 Å². The normalized spacial score (nSPS) is 13.5. The van der Waals surface area contributed by atoms with E-state index >= 15 is 0 Å². The first kappa shape index (κ1) is 18.3. The molecular weight excluding hydrogens is 323 g/mol. The van der Waals surface area contributed by atoms with E-state index in [4.69, 9.17) is 16.7 Å². The number of carbonyl (C=O) groups excluding carboxylic acids is 1. The van der Waals surface area contributed by atoms with Crippen molar-refractivity contribution >= 4 is 23.5 Å². The topological polar surface area (TPSA) is 66.4 Å². The molecule has 0 saturated carbocycles. The summed E-state index contributed by atoms with van der Waals surface area (Å²) in [5.74, 6) is -4.15. The molecule has 0 aliphatic heterocycles. The highest BCUT2D eigenvalue weighted by Crippen LogP contribution is 2.33. The Morgan fingerprint density at radius 3 is 2.14 bits per heavy atom. The van der Waals surface area contributed by atoms with Crippen LogP contribution < -0.4 is 5.32 Å². The van der Waals surface area contributed by atoms with Crippen molar-refractivity contribution in [2.45, 2.75) is 37.9 Å². The lowest BCUT2D eigenvalue weighted by atomic mass is 9.79. The number of benzene rings is 1. The first-order chi connectivity index (χ1) is 9.93. The lowest BCUT2D eigenvalue weighted by molar-refractivity contribution is -0.175. The number of rotatable bonds is 5. The van der Waals surface area contributed by atoms with Crippen LogP contribution in [0.3, 0.4) is 0 Å². The molecular formula is C14H15ClF3NO3. The average Bonchev–Trinajstić information content (AvgIpc) is 2.35. The zero-order valence-electron chi connectivity index (χ0n) is 11.9. The number of nitrogens with one attached hydrogen (secondary N) is 1. The van der Waals surface area contributed by atoms with Crippen molar-refractivity contribution in [2.75, 3.05) is 0 Å². The molecule has 0 bridgehead atoms. The third-order valence-electron chi connectivity index (χ3n) is 3.22. The van der Waals surface area contributed by atoms with Crippen LogP contribution >= 0.6 is 11.6 Å². The van der Waals surface area contributed by atoms with Crippen molar-refractivity contribution < 1.29 is 27.9 Å². The van der Waals surface area contributed by atoms with Gasteiger partial charge in [-0.1, -0.05) is 23.7 Å². The molecule has 22 heavy (non-hydrogen) atoms. The second kappa shape index (κ2) is 6.56. The monoisotopic (exact) mass is 337 g/mol. The van der Waals surface area contributed by atoms with Crippen molar-refractivity contribution in [3.05, 3.63) is 34.9 Å². The smallest absolute Gasteiger partial charge is 0.471 e. The molecule has 0 spiro atoms. The van der Waals surface area contributed by atoms with Gasteiger partial charge in [-0.25, -0.2) is 0 Å². The van der Waals surface area contributed by atoms with E-state index in [1.807, 2.05) is 5.32 Å². The third kappa shape index (κ3) is 4.91. The van der Waals surface area contributed by atoms with Gasteiger partial charge in [0.25, 0.3) is 0 Å². The Hall–Kier alpha value is -1.76. The molecule has 8 heteroatoms. The minimum atomic E-state index is -5.04. The van der Waals surface area contributed by atoms with Crippen molar-refractivity contribution in [3.8, 4) is 0 Å². The fourth-order valence-electron chi connectivity index (χ4n) is 2.11. The van der Waals surface area contributed by atoms with Gasteiger partial charge in [0.2, 0.25) is 0 Å². The molecule has 0 aliphatic carbocycles. The summed E-state index contributed by atoms with van der Waals surface area (Å²) in [6.45, 7) is 2.69. The van der Waals surface area contributed by atoms with E-state index in [2.05, 4.69) is 0 Å². The maximum Gasteiger partial charge on any atom is 0.471 e. The molecule has 1 atom stereocenters. The Morgan fingerprint density at radius 1 is 1.23 bits per heavy atom. The predicted octanol–water partition coefficient (Wildman–Crippen LogP) is 3.36. The van der Waals surface area contributed by atoms with Gasteiger partial charge in [0, 0.05) is 16.5 Å². The van der Waals surface area contributed by atoms with Crippen LogP contribution in [0.4, 0.5) is 13.2 Å². The van der Waals surface area contributed by atoms with Crippen LogP contribution in [-0.4, -0.2) is 28.7 Å². The van der Waals surface area contributed by atoms with Crippen LogP contribution in [0.5, 0.6) is 0 Å². The molecule has 0 radical (unpaired) electrons. The third-order valence-corrected chi connectivity index (χ3v) is 3.47. The summed E-state index contributed by atoms with van der Waals surface area (Å²) in [5, 5.41) is 11.3. The summed E-state index contributed by atoms with van der Waals surface area (Å²) in [6.07, 6.45) is -5.47. The highest BCUT2D eigenvalue weighted by atomic mass is 35.5.